The molecule has 138 valence electrons. The number of amides is 3. The first-order chi connectivity index (χ1) is 12.9. The molecule has 0 aliphatic carbocycles. The maximum Gasteiger partial charge on any atom is 0.319 e. The second-order valence-corrected chi connectivity index (χ2v) is 5.85. The molecule has 0 saturated heterocycles. The van der Waals surface area contributed by atoms with Crippen molar-refractivity contribution in [3.8, 4) is 0 Å². The van der Waals surface area contributed by atoms with Crippen molar-refractivity contribution in [3.05, 3.63) is 81.3 Å². The molecule has 27 heavy (non-hydrogen) atoms. The third-order valence-corrected chi connectivity index (χ3v) is 4.07. The standard InChI is InChI=1S/C18H15FN4O4/c1-10-15(17(24)21-11-6-8-12(9-7-11)23(26)27)16(22-18(25)20-10)13-4-2-3-5-14(13)19/h2-9,16H,1H3,(H,21,24)(H2,20,22,25)/t16-/m1/s1. The normalized spacial score (nSPS) is 16.4. The van der Waals surface area contributed by atoms with Crippen LogP contribution in [0.15, 0.2) is 59.8 Å². The lowest BCUT2D eigenvalue weighted by Crippen LogP contribution is -2.46. The maximum atomic E-state index is 14.2. The molecule has 0 spiro atoms. The Kier molecular flexibility index (Phi) is 4.84. The summed E-state index contributed by atoms with van der Waals surface area (Å²) in [6.07, 6.45) is 0. The average molecular weight is 370 g/mol. The minimum atomic E-state index is -0.974. The van der Waals surface area contributed by atoms with Gasteiger partial charge in [-0.25, -0.2) is 9.18 Å². The fourth-order valence-electron chi connectivity index (χ4n) is 2.80. The van der Waals surface area contributed by atoms with Gasteiger partial charge in [-0.1, -0.05) is 18.2 Å². The van der Waals surface area contributed by atoms with E-state index in [2.05, 4.69) is 16.0 Å². The maximum absolute atomic E-state index is 14.2. The van der Waals surface area contributed by atoms with Crippen molar-refractivity contribution in [1.82, 2.24) is 10.6 Å². The zero-order valence-electron chi connectivity index (χ0n) is 14.2. The number of carbonyl (C=O) groups excluding carboxylic acids is 2. The summed E-state index contributed by atoms with van der Waals surface area (Å²) < 4.78 is 14.2. The van der Waals surface area contributed by atoms with Crippen molar-refractivity contribution < 1.29 is 18.9 Å². The molecular formula is C18H15FN4O4. The molecule has 8 nitrogen and oxygen atoms in total. The molecule has 1 aliphatic heterocycles. The van der Waals surface area contributed by atoms with E-state index in [0.29, 0.717) is 5.69 Å². The van der Waals surface area contributed by atoms with Gasteiger partial charge in [0.2, 0.25) is 0 Å². The number of carbonyl (C=O) groups is 2. The number of non-ortho nitro benzene ring substituents is 1. The molecule has 3 N–H and O–H groups in total. The molecule has 2 aromatic carbocycles. The van der Waals surface area contributed by atoms with E-state index in [4.69, 9.17) is 0 Å². The Morgan fingerprint density at radius 2 is 1.85 bits per heavy atom. The van der Waals surface area contributed by atoms with Crippen molar-refractivity contribution in [3.63, 3.8) is 0 Å². The van der Waals surface area contributed by atoms with Crippen LogP contribution < -0.4 is 16.0 Å². The number of hydrogen-bond acceptors (Lipinski definition) is 4. The van der Waals surface area contributed by atoms with Crippen molar-refractivity contribution in [2.24, 2.45) is 0 Å². The van der Waals surface area contributed by atoms with Crippen LogP contribution in [0.4, 0.5) is 20.6 Å². The molecule has 3 rings (SSSR count). The van der Waals surface area contributed by atoms with Gasteiger partial charge in [0.1, 0.15) is 5.82 Å². The smallest absolute Gasteiger partial charge is 0.319 e. The summed E-state index contributed by atoms with van der Waals surface area (Å²) in [6.45, 7) is 1.54. The lowest BCUT2D eigenvalue weighted by atomic mass is 9.94. The summed E-state index contributed by atoms with van der Waals surface area (Å²) in [7, 11) is 0. The molecule has 1 heterocycles. The SMILES string of the molecule is CC1=C(C(=O)Nc2ccc([N+](=O)[O-])cc2)[C@@H](c2ccccc2F)NC(=O)N1. The highest BCUT2D eigenvalue weighted by Crippen LogP contribution is 2.29. The highest BCUT2D eigenvalue weighted by molar-refractivity contribution is 6.06. The molecule has 1 aliphatic rings. The Balaban J connectivity index is 1.92. The molecule has 3 amide bonds. The fraction of sp³-hybridized carbons (Fsp3) is 0.111. The van der Waals surface area contributed by atoms with Crippen LogP contribution >= 0.6 is 0 Å². The van der Waals surface area contributed by atoms with Crippen LogP contribution in [0.25, 0.3) is 0 Å². The van der Waals surface area contributed by atoms with Gasteiger partial charge in [-0.2, -0.15) is 0 Å². The number of allylic oxidation sites excluding steroid dienone is 1. The topological polar surface area (TPSA) is 113 Å². The Hall–Kier alpha value is -3.75. The van der Waals surface area contributed by atoms with E-state index in [1.54, 1.807) is 6.07 Å². The molecule has 0 saturated carbocycles. The minimum Gasteiger partial charge on any atom is -0.327 e. The first-order valence-electron chi connectivity index (χ1n) is 7.95. The Labute approximate surface area is 153 Å². The number of nitro benzene ring substituents is 1. The number of rotatable bonds is 4. The molecule has 1 atom stereocenters. The van der Waals surface area contributed by atoms with Crippen LogP contribution in [0.1, 0.15) is 18.5 Å². The summed E-state index contributed by atoms with van der Waals surface area (Å²) in [6, 6.07) is 9.60. The number of hydrogen-bond donors (Lipinski definition) is 3. The predicted octanol–water partition coefficient (Wildman–Crippen LogP) is 3.00. The van der Waals surface area contributed by atoms with Crippen molar-refractivity contribution in [2.45, 2.75) is 13.0 Å². The van der Waals surface area contributed by atoms with E-state index in [0.717, 1.165) is 0 Å². The van der Waals surface area contributed by atoms with E-state index in [-0.39, 0.29) is 22.5 Å². The van der Waals surface area contributed by atoms with E-state index in [1.165, 1.54) is 49.4 Å². The Morgan fingerprint density at radius 1 is 1.19 bits per heavy atom. The molecule has 2 aromatic rings. The predicted molar refractivity (Wildman–Crippen MR) is 95.2 cm³/mol. The van der Waals surface area contributed by atoms with Crippen molar-refractivity contribution in [1.29, 1.82) is 0 Å². The van der Waals surface area contributed by atoms with Crippen LogP contribution in [0.5, 0.6) is 0 Å². The molecule has 0 unspecified atom stereocenters. The third-order valence-electron chi connectivity index (χ3n) is 4.07. The minimum absolute atomic E-state index is 0.112. The second kappa shape index (κ2) is 7.24. The largest absolute Gasteiger partial charge is 0.327 e. The van der Waals surface area contributed by atoms with Gasteiger partial charge < -0.3 is 16.0 Å². The number of nitrogens with zero attached hydrogens (tertiary/aromatic N) is 1. The molecular weight excluding hydrogens is 355 g/mol. The zero-order chi connectivity index (χ0) is 19.6. The van der Waals surface area contributed by atoms with Crippen molar-refractivity contribution in [2.75, 3.05) is 5.32 Å². The number of halogens is 1. The van der Waals surface area contributed by atoms with Crippen molar-refractivity contribution >= 4 is 23.3 Å². The van der Waals surface area contributed by atoms with Gasteiger partial charge in [-0.3, -0.25) is 14.9 Å². The number of anilines is 1. The first-order valence-corrected chi connectivity index (χ1v) is 7.95. The van der Waals surface area contributed by atoms with E-state index in [1.807, 2.05) is 0 Å². The lowest BCUT2D eigenvalue weighted by molar-refractivity contribution is -0.384. The number of nitro groups is 1. The summed E-state index contributed by atoms with van der Waals surface area (Å²) in [5, 5.41) is 18.4. The molecule has 0 radical (unpaired) electrons. The first kappa shape index (κ1) is 18.1. The second-order valence-electron chi connectivity index (χ2n) is 5.85. The number of benzene rings is 2. The van der Waals surface area contributed by atoms with Gasteiger partial charge in [0, 0.05) is 29.1 Å². The van der Waals surface area contributed by atoms with Gasteiger partial charge in [0.05, 0.1) is 16.5 Å². The summed E-state index contributed by atoms with van der Waals surface area (Å²) in [5.41, 5.74) is 0.791. The van der Waals surface area contributed by atoms with E-state index < -0.39 is 28.7 Å². The fourth-order valence-corrected chi connectivity index (χ4v) is 2.80. The van der Waals surface area contributed by atoms with Crippen LogP contribution in [0.3, 0.4) is 0 Å². The third kappa shape index (κ3) is 3.76. The number of urea groups is 1. The molecule has 0 aromatic heterocycles. The van der Waals surface area contributed by atoms with Gasteiger partial charge in [0.25, 0.3) is 11.6 Å². The highest BCUT2D eigenvalue weighted by atomic mass is 19.1. The summed E-state index contributed by atoms with van der Waals surface area (Å²) in [5.74, 6) is -1.12. The van der Waals surface area contributed by atoms with Gasteiger partial charge in [-0.15, -0.1) is 0 Å². The summed E-state index contributed by atoms with van der Waals surface area (Å²) >= 11 is 0. The van der Waals surface area contributed by atoms with Gasteiger partial charge in [0.15, 0.2) is 0 Å². The van der Waals surface area contributed by atoms with Crippen LogP contribution in [-0.4, -0.2) is 16.9 Å². The molecule has 0 bridgehead atoms. The number of nitrogens with one attached hydrogen (secondary N) is 3. The van der Waals surface area contributed by atoms with Gasteiger partial charge >= 0.3 is 6.03 Å². The monoisotopic (exact) mass is 370 g/mol. The quantitative estimate of drug-likeness (QED) is 0.567. The highest BCUT2D eigenvalue weighted by Gasteiger charge is 2.32. The average Bonchev–Trinajstić information content (AvgIpc) is 2.61. The van der Waals surface area contributed by atoms with E-state index in [9.17, 15) is 24.1 Å². The van der Waals surface area contributed by atoms with E-state index >= 15 is 0 Å². The molecule has 9 heteroatoms. The Bertz CT molecular complexity index is 956. The lowest BCUT2D eigenvalue weighted by Gasteiger charge is -2.28. The molecule has 0 fully saturated rings. The van der Waals surface area contributed by atoms with Crippen LogP contribution in [0, 0.1) is 15.9 Å². The van der Waals surface area contributed by atoms with Crippen LogP contribution in [-0.2, 0) is 4.79 Å². The Morgan fingerprint density at radius 3 is 2.48 bits per heavy atom. The zero-order valence-corrected chi connectivity index (χ0v) is 14.2. The summed E-state index contributed by atoms with van der Waals surface area (Å²) in [4.78, 5) is 34.8. The van der Waals surface area contributed by atoms with Crippen LogP contribution in [0.2, 0.25) is 0 Å². The van der Waals surface area contributed by atoms with Gasteiger partial charge in [-0.05, 0) is 25.1 Å².